The first kappa shape index (κ1) is 13.7. The van der Waals surface area contributed by atoms with Crippen LogP contribution in [0.1, 0.15) is 23.4 Å². The fraction of sp³-hybridized carbons (Fsp3) is 0.286. The minimum absolute atomic E-state index is 0.202. The molecule has 2 rings (SSSR count). The second kappa shape index (κ2) is 6.45. The van der Waals surface area contributed by atoms with Gasteiger partial charge in [-0.15, -0.1) is 11.3 Å². The number of nitrogens with one attached hydrogen (secondary N) is 1. The van der Waals surface area contributed by atoms with Gasteiger partial charge in [-0.05, 0) is 24.8 Å². The Balaban J connectivity index is 1.91. The second-order valence-electron chi connectivity index (χ2n) is 4.33. The number of nitro groups is 1. The molecular weight excluding hydrogens is 260 g/mol. The van der Waals surface area contributed by atoms with Gasteiger partial charge >= 0.3 is 0 Å². The van der Waals surface area contributed by atoms with Gasteiger partial charge in [0.2, 0.25) is 0 Å². The van der Waals surface area contributed by atoms with E-state index in [2.05, 4.69) is 23.7 Å². The smallest absolute Gasteiger partial charge is 0.272 e. The van der Waals surface area contributed by atoms with Crippen molar-refractivity contribution in [3.8, 4) is 0 Å². The molecule has 1 aromatic heterocycles. The maximum absolute atomic E-state index is 10.9. The third-order valence-electron chi connectivity index (χ3n) is 3.00. The van der Waals surface area contributed by atoms with E-state index in [9.17, 15) is 10.1 Å². The lowest BCUT2D eigenvalue weighted by atomic mass is 10.1. The standard InChI is InChI=1S/C14H16N2O2S/c1-11(14-7-4-10-19-14)15-9-8-12-5-2-3-6-13(12)16(17)18/h2-7,10-11,15H,8-9H2,1H3/t11-/m0/s1. The molecule has 4 nitrogen and oxygen atoms in total. The van der Waals surface area contributed by atoms with Gasteiger partial charge in [0.25, 0.3) is 5.69 Å². The Morgan fingerprint density at radius 2 is 2.11 bits per heavy atom. The fourth-order valence-electron chi connectivity index (χ4n) is 1.96. The van der Waals surface area contributed by atoms with Crippen molar-refractivity contribution in [1.29, 1.82) is 0 Å². The Morgan fingerprint density at radius 1 is 1.32 bits per heavy atom. The lowest BCUT2D eigenvalue weighted by Gasteiger charge is -2.11. The van der Waals surface area contributed by atoms with E-state index in [4.69, 9.17) is 0 Å². The second-order valence-corrected chi connectivity index (χ2v) is 5.31. The lowest BCUT2D eigenvalue weighted by molar-refractivity contribution is -0.385. The van der Waals surface area contributed by atoms with Crippen molar-refractivity contribution in [3.05, 3.63) is 62.3 Å². The summed E-state index contributed by atoms with van der Waals surface area (Å²) in [6.45, 7) is 2.83. The van der Waals surface area contributed by atoms with Gasteiger partial charge in [-0.2, -0.15) is 0 Å². The van der Waals surface area contributed by atoms with Crippen LogP contribution in [-0.4, -0.2) is 11.5 Å². The maximum atomic E-state index is 10.9. The van der Waals surface area contributed by atoms with Crippen molar-refractivity contribution in [2.75, 3.05) is 6.54 Å². The molecule has 100 valence electrons. The number of nitro benzene ring substituents is 1. The first-order valence-corrected chi connectivity index (χ1v) is 7.05. The van der Waals surface area contributed by atoms with Crippen molar-refractivity contribution < 1.29 is 4.92 Å². The van der Waals surface area contributed by atoms with Crippen LogP contribution in [0.4, 0.5) is 5.69 Å². The van der Waals surface area contributed by atoms with Crippen LogP contribution in [0.15, 0.2) is 41.8 Å². The van der Waals surface area contributed by atoms with Crippen LogP contribution in [0.3, 0.4) is 0 Å². The summed E-state index contributed by atoms with van der Waals surface area (Å²) in [5, 5.41) is 16.3. The summed E-state index contributed by atoms with van der Waals surface area (Å²) in [4.78, 5) is 11.9. The topological polar surface area (TPSA) is 55.2 Å². The molecule has 0 bridgehead atoms. The first-order valence-electron chi connectivity index (χ1n) is 6.17. The zero-order valence-electron chi connectivity index (χ0n) is 10.7. The molecule has 1 N–H and O–H groups in total. The third-order valence-corrected chi connectivity index (χ3v) is 4.06. The number of rotatable bonds is 6. The van der Waals surface area contributed by atoms with E-state index in [0.717, 1.165) is 12.1 Å². The van der Waals surface area contributed by atoms with E-state index in [0.29, 0.717) is 6.42 Å². The average molecular weight is 276 g/mol. The van der Waals surface area contributed by atoms with E-state index >= 15 is 0 Å². The van der Waals surface area contributed by atoms with Gasteiger partial charge in [-0.25, -0.2) is 0 Å². The normalized spacial score (nSPS) is 12.3. The zero-order valence-corrected chi connectivity index (χ0v) is 11.5. The maximum Gasteiger partial charge on any atom is 0.272 e. The monoisotopic (exact) mass is 276 g/mol. The number of nitrogens with zero attached hydrogens (tertiary/aromatic N) is 1. The molecule has 1 heterocycles. The van der Waals surface area contributed by atoms with Crippen molar-refractivity contribution >= 4 is 17.0 Å². The largest absolute Gasteiger partial charge is 0.309 e. The van der Waals surface area contributed by atoms with E-state index in [-0.39, 0.29) is 16.7 Å². The van der Waals surface area contributed by atoms with Gasteiger partial charge in [-0.1, -0.05) is 24.3 Å². The van der Waals surface area contributed by atoms with E-state index < -0.39 is 0 Å². The molecule has 0 amide bonds. The third kappa shape index (κ3) is 3.62. The molecule has 1 atom stereocenters. The van der Waals surface area contributed by atoms with Crippen LogP contribution in [-0.2, 0) is 6.42 Å². The van der Waals surface area contributed by atoms with Gasteiger partial charge < -0.3 is 5.32 Å². The molecule has 2 aromatic rings. The van der Waals surface area contributed by atoms with Crippen LogP contribution in [0.25, 0.3) is 0 Å². The Labute approximate surface area is 116 Å². The summed E-state index contributed by atoms with van der Waals surface area (Å²) in [6, 6.07) is 11.3. The summed E-state index contributed by atoms with van der Waals surface area (Å²) >= 11 is 1.71. The minimum Gasteiger partial charge on any atom is -0.309 e. The van der Waals surface area contributed by atoms with Crippen molar-refractivity contribution in [3.63, 3.8) is 0 Å². The SMILES string of the molecule is C[C@H](NCCc1ccccc1[N+](=O)[O-])c1cccs1. The number of thiophene rings is 1. The Bertz CT molecular complexity index is 540. The highest BCUT2D eigenvalue weighted by Crippen LogP contribution is 2.20. The molecule has 0 aliphatic carbocycles. The highest BCUT2D eigenvalue weighted by atomic mass is 32.1. The predicted octanol–water partition coefficient (Wildman–Crippen LogP) is 3.55. The lowest BCUT2D eigenvalue weighted by Crippen LogP contribution is -2.20. The summed E-state index contributed by atoms with van der Waals surface area (Å²) in [6.07, 6.45) is 0.660. The minimum atomic E-state index is -0.321. The van der Waals surface area contributed by atoms with E-state index in [1.165, 1.54) is 4.88 Å². The molecule has 5 heteroatoms. The molecule has 0 spiro atoms. The average Bonchev–Trinajstić information content (AvgIpc) is 2.93. The first-order chi connectivity index (χ1) is 9.18. The van der Waals surface area contributed by atoms with Crippen LogP contribution in [0.2, 0.25) is 0 Å². The van der Waals surface area contributed by atoms with Crippen LogP contribution in [0.5, 0.6) is 0 Å². The fourth-order valence-corrected chi connectivity index (χ4v) is 2.72. The molecular formula is C14H16N2O2S. The quantitative estimate of drug-likeness (QED) is 0.648. The van der Waals surface area contributed by atoms with Crippen LogP contribution >= 0.6 is 11.3 Å². The Kier molecular flexibility index (Phi) is 4.65. The van der Waals surface area contributed by atoms with Crippen LogP contribution in [0, 0.1) is 10.1 Å². The van der Waals surface area contributed by atoms with E-state index in [1.807, 2.05) is 18.2 Å². The Morgan fingerprint density at radius 3 is 2.79 bits per heavy atom. The molecule has 0 aliphatic rings. The van der Waals surface area contributed by atoms with Gasteiger partial charge in [0, 0.05) is 29.1 Å². The number of benzene rings is 1. The highest BCUT2D eigenvalue weighted by Gasteiger charge is 2.12. The predicted molar refractivity (Wildman–Crippen MR) is 77.5 cm³/mol. The molecule has 19 heavy (non-hydrogen) atoms. The summed E-state index contributed by atoms with van der Waals surface area (Å²) in [5.74, 6) is 0. The molecule has 1 aromatic carbocycles. The molecule has 0 aliphatic heterocycles. The van der Waals surface area contributed by atoms with Crippen molar-refractivity contribution in [2.24, 2.45) is 0 Å². The van der Waals surface area contributed by atoms with Gasteiger partial charge in [0.1, 0.15) is 0 Å². The van der Waals surface area contributed by atoms with Crippen molar-refractivity contribution in [2.45, 2.75) is 19.4 Å². The number of hydrogen-bond acceptors (Lipinski definition) is 4. The summed E-state index contributed by atoms with van der Waals surface area (Å²) in [7, 11) is 0. The molecule has 0 radical (unpaired) electrons. The summed E-state index contributed by atoms with van der Waals surface area (Å²) in [5.41, 5.74) is 0.978. The highest BCUT2D eigenvalue weighted by molar-refractivity contribution is 7.10. The van der Waals surface area contributed by atoms with Gasteiger partial charge in [0.05, 0.1) is 4.92 Å². The molecule has 0 saturated carbocycles. The van der Waals surface area contributed by atoms with Crippen molar-refractivity contribution in [1.82, 2.24) is 5.32 Å². The number of hydrogen-bond donors (Lipinski definition) is 1. The zero-order chi connectivity index (χ0) is 13.7. The molecule has 0 unspecified atom stereocenters. The molecule has 0 fully saturated rings. The van der Waals surface area contributed by atoms with Gasteiger partial charge in [-0.3, -0.25) is 10.1 Å². The summed E-state index contributed by atoms with van der Waals surface area (Å²) < 4.78 is 0. The van der Waals surface area contributed by atoms with Gasteiger partial charge in [0.15, 0.2) is 0 Å². The van der Waals surface area contributed by atoms with Crippen LogP contribution < -0.4 is 5.32 Å². The molecule has 0 saturated heterocycles. The van der Waals surface area contributed by atoms with E-state index in [1.54, 1.807) is 23.5 Å². The Hall–Kier alpha value is -1.72. The number of para-hydroxylation sites is 1.